The third kappa shape index (κ3) is 6.66. The molecule has 0 bridgehead atoms. The van der Waals surface area contributed by atoms with Crippen LogP contribution in [0.1, 0.15) is 48.9 Å². The lowest BCUT2D eigenvalue weighted by Crippen LogP contribution is -2.29. The summed E-state index contributed by atoms with van der Waals surface area (Å²) in [6.07, 6.45) is 2.99. The number of thioether (sulfide) groups is 1. The van der Waals surface area contributed by atoms with Gasteiger partial charge in [-0.25, -0.2) is 4.39 Å². The number of Topliss-reactive ketones (excluding diaryl/α,β-unsaturated/α-hetero) is 1. The average molecular weight is 648 g/mol. The molecule has 0 aliphatic carbocycles. The van der Waals surface area contributed by atoms with Crippen LogP contribution in [0.4, 0.5) is 9.52 Å². The molecule has 1 amide bonds. The molecule has 232 valence electrons. The Bertz CT molecular complexity index is 1740. The Morgan fingerprint density at radius 1 is 1.04 bits per heavy atom. The Labute approximate surface area is 267 Å². The monoisotopic (exact) mass is 647 g/mol. The zero-order valence-corrected chi connectivity index (χ0v) is 26.0. The summed E-state index contributed by atoms with van der Waals surface area (Å²) in [7, 11) is 0. The van der Waals surface area contributed by atoms with Crippen molar-refractivity contribution in [3.05, 3.63) is 94.8 Å². The van der Waals surface area contributed by atoms with Gasteiger partial charge in [0.1, 0.15) is 30.5 Å². The normalized spacial score (nSPS) is 17.1. The molecule has 3 aromatic carbocycles. The molecule has 45 heavy (non-hydrogen) atoms. The molecule has 2 aliphatic rings. The highest BCUT2D eigenvalue weighted by atomic mass is 32.2. The summed E-state index contributed by atoms with van der Waals surface area (Å²) < 4.78 is 31.2. The summed E-state index contributed by atoms with van der Waals surface area (Å²) in [6, 6.07) is 17.2. The van der Waals surface area contributed by atoms with Crippen molar-refractivity contribution in [2.45, 2.75) is 42.3 Å². The van der Waals surface area contributed by atoms with Gasteiger partial charge in [-0.15, -0.1) is 10.2 Å². The first kappa shape index (κ1) is 30.6. The van der Waals surface area contributed by atoms with Crippen LogP contribution >= 0.6 is 23.1 Å². The number of anilines is 1. The molecular formula is C33H30FN3O6S2. The Hall–Kier alpha value is -4.42. The number of aromatic nitrogens is 2. The number of amides is 1. The van der Waals surface area contributed by atoms with Crippen LogP contribution in [0, 0.1) is 5.82 Å². The maximum Gasteiger partial charge on any atom is 0.301 e. The molecule has 2 aliphatic heterocycles. The van der Waals surface area contributed by atoms with Crippen molar-refractivity contribution in [1.29, 1.82) is 0 Å². The third-order valence-electron chi connectivity index (χ3n) is 7.33. The summed E-state index contributed by atoms with van der Waals surface area (Å²) in [6.45, 7) is 3.41. The quantitative estimate of drug-likeness (QED) is 0.0462. The van der Waals surface area contributed by atoms with Crippen LogP contribution in [0.2, 0.25) is 0 Å². The predicted molar refractivity (Wildman–Crippen MR) is 170 cm³/mol. The number of ketones is 1. The standard InChI is InChI=1S/C33H30FN3O6S2/c1-2-3-4-14-41-24-7-5-6-21(17-24)28-27(29(38)22-10-13-25-26(18-22)43-16-15-42-25)30(39)31(40)37(28)32-35-36-33(45-32)44-19-20-8-11-23(34)12-9-20/h5-13,17-18,28,38H,2-4,14-16,19H2,1H3/t28-/m0/s1. The fourth-order valence-corrected chi connectivity index (χ4v) is 6.92. The van der Waals surface area contributed by atoms with Crippen LogP contribution in [0.15, 0.2) is 76.6 Å². The third-order valence-corrected chi connectivity index (χ3v) is 9.45. The largest absolute Gasteiger partial charge is 0.507 e. The number of benzene rings is 3. The number of carbonyl (C=O) groups excluding carboxylic acids is 2. The second-order valence-electron chi connectivity index (χ2n) is 10.4. The molecule has 1 atom stereocenters. The molecule has 6 rings (SSSR count). The van der Waals surface area contributed by atoms with E-state index in [9.17, 15) is 19.1 Å². The number of fused-ring (bicyclic) bond motifs is 1. The van der Waals surface area contributed by atoms with E-state index >= 15 is 0 Å². The second kappa shape index (κ2) is 13.7. The number of aliphatic hydroxyl groups excluding tert-OH is 1. The van der Waals surface area contributed by atoms with E-state index in [0.29, 0.717) is 58.3 Å². The van der Waals surface area contributed by atoms with Crippen molar-refractivity contribution in [1.82, 2.24) is 10.2 Å². The SMILES string of the molecule is CCCCCOc1cccc([C@H]2C(=C(O)c3ccc4c(c3)OCCO4)C(=O)C(=O)N2c2nnc(SCc3ccc(F)cc3)s2)c1. The van der Waals surface area contributed by atoms with E-state index in [-0.39, 0.29) is 22.3 Å². The molecule has 0 radical (unpaired) electrons. The highest BCUT2D eigenvalue weighted by molar-refractivity contribution is 8.00. The number of rotatable bonds is 11. The molecule has 4 aromatic rings. The van der Waals surface area contributed by atoms with Gasteiger partial charge in [0.05, 0.1) is 18.2 Å². The summed E-state index contributed by atoms with van der Waals surface area (Å²) in [5.74, 6) is -0.281. The van der Waals surface area contributed by atoms with E-state index in [1.165, 1.54) is 28.8 Å². The van der Waals surface area contributed by atoms with Gasteiger partial charge >= 0.3 is 5.91 Å². The highest BCUT2D eigenvalue weighted by Gasteiger charge is 2.48. The minimum atomic E-state index is -1.000. The number of ether oxygens (including phenoxy) is 3. The number of unbranched alkanes of at least 4 members (excludes halogenated alkanes) is 2. The van der Waals surface area contributed by atoms with Gasteiger partial charge in [0.2, 0.25) is 5.13 Å². The summed E-state index contributed by atoms with van der Waals surface area (Å²) >= 11 is 2.54. The van der Waals surface area contributed by atoms with Crippen LogP contribution < -0.4 is 19.1 Å². The number of hydrogen-bond donors (Lipinski definition) is 1. The van der Waals surface area contributed by atoms with E-state index in [4.69, 9.17) is 14.2 Å². The summed E-state index contributed by atoms with van der Waals surface area (Å²) in [5, 5.41) is 20.3. The van der Waals surface area contributed by atoms with Gasteiger partial charge in [0, 0.05) is 11.3 Å². The van der Waals surface area contributed by atoms with Gasteiger partial charge in [-0.2, -0.15) is 0 Å². The second-order valence-corrected chi connectivity index (χ2v) is 12.6. The van der Waals surface area contributed by atoms with Crippen molar-refractivity contribution in [3.63, 3.8) is 0 Å². The molecular weight excluding hydrogens is 618 g/mol. The van der Waals surface area contributed by atoms with Crippen molar-refractivity contribution in [2.24, 2.45) is 0 Å². The molecule has 1 fully saturated rings. The maximum absolute atomic E-state index is 13.7. The van der Waals surface area contributed by atoms with Gasteiger partial charge < -0.3 is 19.3 Å². The highest BCUT2D eigenvalue weighted by Crippen LogP contribution is 2.45. The molecule has 1 N–H and O–H groups in total. The Balaban J connectivity index is 1.37. The first-order chi connectivity index (χ1) is 21.9. The first-order valence-corrected chi connectivity index (χ1v) is 16.4. The summed E-state index contributed by atoms with van der Waals surface area (Å²) in [4.78, 5) is 28.6. The fourth-order valence-electron chi connectivity index (χ4n) is 5.09. The van der Waals surface area contributed by atoms with Crippen molar-refractivity contribution >= 4 is 45.7 Å². The van der Waals surface area contributed by atoms with Crippen molar-refractivity contribution in [3.8, 4) is 17.2 Å². The van der Waals surface area contributed by atoms with Crippen LogP contribution in [0.3, 0.4) is 0 Å². The van der Waals surface area contributed by atoms with E-state index in [0.717, 1.165) is 36.2 Å². The number of halogens is 1. The zero-order valence-electron chi connectivity index (χ0n) is 24.4. The van der Waals surface area contributed by atoms with E-state index in [2.05, 4.69) is 17.1 Å². The average Bonchev–Trinajstić information content (AvgIpc) is 3.64. The van der Waals surface area contributed by atoms with Gasteiger partial charge in [-0.1, -0.05) is 67.1 Å². The molecule has 0 unspecified atom stereocenters. The van der Waals surface area contributed by atoms with Crippen LogP contribution in [-0.2, 0) is 15.3 Å². The molecule has 1 aromatic heterocycles. The minimum Gasteiger partial charge on any atom is -0.507 e. The molecule has 9 nitrogen and oxygen atoms in total. The van der Waals surface area contributed by atoms with E-state index in [1.807, 2.05) is 6.07 Å². The lowest BCUT2D eigenvalue weighted by atomic mass is 9.95. The molecule has 1 saturated heterocycles. The molecule has 12 heteroatoms. The molecule has 0 saturated carbocycles. The maximum atomic E-state index is 13.7. The lowest BCUT2D eigenvalue weighted by Gasteiger charge is -2.23. The number of carbonyl (C=O) groups is 2. The van der Waals surface area contributed by atoms with Gasteiger partial charge in [-0.05, 0) is 60.0 Å². The smallest absolute Gasteiger partial charge is 0.301 e. The molecule has 0 spiro atoms. The number of nitrogens with zero attached hydrogens (tertiary/aromatic N) is 3. The van der Waals surface area contributed by atoms with Crippen LogP contribution in [0.25, 0.3) is 5.76 Å². The van der Waals surface area contributed by atoms with E-state index < -0.39 is 17.7 Å². The van der Waals surface area contributed by atoms with Gasteiger partial charge in [0.25, 0.3) is 5.78 Å². The number of hydrogen-bond acceptors (Lipinski definition) is 10. The van der Waals surface area contributed by atoms with Crippen LogP contribution in [-0.4, -0.2) is 46.8 Å². The van der Waals surface area contributed by atoms with Gasteiger partial charge in [-0.3, -0.25) is 14.5 Å². The Morgan fingerprint density at radius 2 is 1.84 bits per heavy atom. The van der Waals surface area contributed by atoms with Crippen molar-refractivity contribution < 1.29 is 33.3 Å². The van der Waals surface area contributed by atoms with Crippen molar-refractivity contribution in [2.75, 3.05) is 24.7 Å². The predicted octanol–water partition coefficient (Wildman–Crippen LogP) is 6.94. The lowest BCUT2D eigenvalue weighted by molar-refractivity contribution is -0.132. The van der Waals surface area contributed by atoms with Crippen LogP contribution in [0.5, 0.6) is 17.2 Å². The topological polar surface area (TPSA) is 111 Å². The van der Waals surface area contributed by atoms with E-state index in [1.54, 1.807) is 48.5 Å². The number of aliphatic hydroxyl groups is 1. The fraction of sp³-hybridized carbons (Fsp3) is 0.273. The minimum absolute atomic E-state index is 0.0875. The Morgan fingerprint density at radius 3 is 2.64 bits per heavy atom. The molecule has 3 heterocycles. The first-order valence-electron chi connectivity index (χ1n) is 14.6. The van der Waals surface area contributed by atoms with Gasteiger partial charge in [0.15, 0.2) is 15.8 Å². The Kier molecular flexibility index (Phi) is 9.31. The summed E-state index contributed by atoms with van der Waals surface area (Å²) in [5.41, 5.74) is 1.68. The zero-order chi connectivity index (χ0) is 31.3.